The third-order valence-corrected chi connectivity index (χ3v) is 1.48. The highest BCUT2D eigenvalue weighted by Crippen LogP contribution is 2.26. The fourth-order valence-corrected chi connectivity index (χ4v) is 0.889. The molecule has 0 fully saturated rings. The predicted octanol–water partition coefficient (Wildman–Crippen LogP) is 1.32. The highest BCUT2D eigenvalue weighted by atomic mass is 19.1. The van der Waals surface area contributed by atoms with E-state index in [4.69, 9.17) is 5.73 Å². The van der Waals surface area contributed by atoms with Gasteiger partial charge in [-0.3, -0.25) is 4.79 Å². The minimum Gasteiger partial charge on any atom is -0.505 e. The second-order valence-corrected chi connectivity index (χ2v) is 2.45. The minimum absolute atomic E-state index is 0.0903. The zero-order valence-corrected chi connectivity index (χ0v) is 6.47. The first kappa shape index (κ1) is 8.52. The molecule has 0 aliphatic carbocycles. The topological polar surface area (TPSA) is 63.3 Å². The van der Waals surface area contributed by atoms with E-state index in [0.717, 1.165) is 12.1 Å². The highest BCUT2D eigenvalue weighted by Gasteiger charge is 2.10. The van der Waals surface area contributed by atoms with Crippen LogP contribution in [0.3, 0.4) is 0 Å². The quantitative estimate of drug-likeness (QED) is 0.378. The molecule has 4 heteroatoms. The number of halogens is 1. The molecule has 0 saturated heterocycles. The van der Waals surface area contributed by atoms with Crippen molar-refractivity contribution in [3.05, 3.63) is 23.5 Å². The van der Waals surface area contributed by atoms with Gasteiger partial charge in [0.05, 0.1) is 11.3 Å². The van der Waals surface area contributed by atoms with E-state index in [9.17, 15) is 14.3 Å². The Morgan fingerprint density at radius 2 is 2.17 bits per heavy atom. The van der Waals surface area contributed by atoms with Gasteiger partial charge in [0, 0.05) is 6.07 Å². The molecule has 0 aliphatic rings. The molecule has 12 heavy (non-hydrogen) atoms. The number of carbonyl (C=O) groups excluding carboxylic acids is 1. The third-order valence-electron chi connectivity index (χ3n) is 1.48. The fourth-order valence-electron chi connectivity index (χ4n) is 0.889. The second kappa shape index (κ2) is 2.81. The number of ketones is 1. The standard InChI is InChI=1S/C8H8FNO2/c1-4(11)6-2-5(9)3-7(10)8(6)12/h2-3,12H,10H2,1H3. The van der Waals surface area contributed by atoms with E-state index >= 15 is 0 Å². The summed E-state index contributed by atoms with van der Waals surface area (Å²) in [5, 5.41) is 9.18. The van der Waals surface area contributed by atoms with Crippen LogP contribution in [-0.4, -0.2) is 10.9 Å². The number of aromatic hydroxyl groups is 1. The molecular weight excluding hydrogens is 161 g/mol. The number of nitrogen functional groups attached to an aromatic ring is 1. The molecule has 0 aliphatic heterocycles. The van der Waals surface area contributed by atoms with E-state index in [1.54, 1.807) is 0 Å². The summed E-state index contributed by atoms with van der Waals surface area (Å²) in [4.78, 5) is 10.8. The van der Waals surface area contributed by atoms with Gasteiger partial charge in [-0.15, -0.1) is 0 Å². The van der Waals surface area contributed by atoms with Gasteiger partial charge in [-0.1, -0.05) is 0 Å². The SMILES string of the molecule is CC(=O)c1cc(F)cc(N)c1O. The Labute approximate surface area is 68.6 Å². The van der Waals surface area contributed by atoms with Crippen molar-refractivity contribution in [2.45, 2.75) is 6.92 Å². The molecule has 1 aromatic carbocycles. The van der Waals surface area contributed by atoms with E-state index in [1.807, 2.05) is 0 Å². The van der Waals surface area contributed by atoms with Gasteiger partial charge in [0.1, 0.15) is 11.6 Å². The normalized spacial score (nSPS) is 9.83. The van der Waals surface area contributed by atoms with Crippen molar-refractivity contribution in [3.63, 3.8) is 0 Å². The summed E-state index contributed by atoms with van der Waals surface area (Å²) in [7, 11) is 0. The van der Waals surface area contributed by atoms with E-state index in [2.05, 4.69) is 0 Å². The van der Waals surface area contributed by atoms with E-state index in [1.165, 1.54) is 6.92 Å². The summed E-state index contributed by atoms with van der Waals surface area (Å²) >= 11 is 0. The molecule has 0 unspecified atom stereocenters. The van der Waals surface area contributed by atoms with Crippen LogP contribution < -0.4 is 5.73 Å². The molecule has 0 spiro atoms. The third kappa shape index (κ3) is 1.37. The van der Waals surface area contributed by atoms with Crippen LogP contribution in [0.5, 0.6) is 5.75 Å². The summed E-state index contributed by atoms with van der Waals surface area (Å²) in [6, 6.07) is 1.91. The van der Waals surface area contributed by atoms with Crippen LogP contribution in [-0.2, 0) is 0 Å². The number of hydrogen-bond donors (Lipinski definition) is 2. The molecule has 0 bridgehead atoms. The van der Waals surface area contributed by atoms with Crippen molar-refractivity contribution in [2.24, 2.45) is 0 Å². The van der Waals surface area contributed by atoms with Crippen LogP contribution in [0, 0.1) is 5.82 Å². The number of anilines is 1. The van der Waals surface area contributed by atoms with Crippen LogP contribution in [0.1, 0.15) is 17.3 Å². The van der Waals surface area contributed by atoms with E-state index < -0.39 is 11.6 Å². The summed E-state index contributed by atoms with van der Waals surface area (Å²) < 4.78 is 12.6. The number of phenolic OH excluding ortho intramolecular Hbond substituents is 1. The maximum absolute atomic E-state index is 12.6. The smallest absolute Gasteiger partial charge is 0.163 e. The van der Waals surface area contributed by atoms with Crippen LogP contribution >= 0.6 is 0 Å². The molecule has 0 aromatic heterocycles. The zero-order chi connectivity index (χ0) is 9.30. The van der Waals surface area contributed by atoms with Crippen molar-refractivity contribution in [1.29, 1.82) is 0 Å². The number of nitrogens with two attached hydrogens (primary N) is 1. The summed E-state index contributed by atoms with van der Waals surface area (Å²) in [5.41, 5.74) is 5.00. The van der Waals surface area contributed by atoms with Crippen molar-refractivity contribution < 1.29 is 14.3 Å². The number of carbonyl (C=O) groups is 1. The second-order valence-electron chi connectivity index (χ2n) is 2.45. The molecule has 3 N–H and O–H groups in total. The first-order valence-corrected chi connectivity index (χ1v) is 3.31. The van der Waals surface area contributed by atoms with E-state index in [0.29, 0.717) is 0 Å². The number of rotatable bonds is 1. The van der Waals surface area contributed by atoms with Gasteiger partial charge >= 0.3 is 0 Å². The van der Waals surface area contributed by atoms with Crippen molar-refractivity contribution in [2.75, 3.05) is 5.73 Å². The molecule has 3 nitrogen and oxygen atoms in total. The Hall–Kier alpha value is -1.58. The minimum atomic E-state index is -0.629. The number of Topliss-reactive ketones (excluding diaryl/α,β-unsaturated/α-hetero) is 1. The Kier molecular flexibility index (Phi) is 1.99. The predicted molar refractivity (Wildman–Crippen MR) is 42.5 cm³/mol. The largest absolute Gasteiger partial charge is 0.505 e. The van der Waals surface area contributed by atoms with Gasteiger partial charge in [0.15, 0.2) is 5.78 Å². The van der Waals surface area contributed by atoms with Gasteiger partial charge in [0.25, 0.3) is 0 Å². The van der Waals surface area contributed by atoms with Crippen LogP contribution in [0.15, 0.2) is 12.1 Å². The maximum atomic E-state index is 12.6. The van der Waals surface area contributed by atoms with Gasteiger partial charge in [-0.05, 0) is 13.0 Å². The summed E-state index contributed by atoms with van der Waals surface area (Å²) in [6.45, 7) is 1.23. The fraction of sp³-hybridized carbons (Fsp3) is 0.125. The Morgan fingerprint density at radius 1 is 1.58 bits per heavy atom. The average Bonchev–Trinajstić information content (AvgIpc) is 1.96. The molecular formula is C8H8FNO2. The molecule has 0 amide bonds. The van der Waals surface area contributed by atoms with Crippen molar-refractivity contribution in [3.8, 4) is 5.75 Å². The maximum Gasteiger partial charge on any atom is 0.163 e. The van der Waals surface area contributed by atoms with E-state index in [-0.39, 0.29) is 17.0 Å². The Bertz CT molecular complexity index is 336. The first-order valence-electron chi connectivity index (χ1n) is 3.31. The molecule has 64 valence electrons. The first-order chi connectivity index (χ1) is 5.52. The van der Waals surface area contributed by atoms with Crippen LogP contribution in [0.25, 0.3) is 0 Å². The number of benzene rings is 1. The Morgan fingerprint density at radius 3 is 2.67 bits per heavy atom. The molecule has 0 atom stereocenters. The number of phenols is 1. The lowest BCUT2D eigenvalue weighted by molar-refractivity contribution is 0.101. The molecule has 1 rings (SSSR count). The molecule has 0 saturated carbocycles. The van der Waals surface area contributed by atoms with Gasteiger partial charge in [-0.2, -0.15) is 0 Å². The number of hydrogen-bond acceptors (Lipinski definition) is 3. The lowest BCUT2D eigenvalue weighted by Gasteiger charge is -2.03. The monoisotopic (exact) mass is 169 g/mol. The van der Waals surface area contributed by atoms with Crippen molar-refractivity contribution >= 4 is 11.5 Å². The summed E-state index contributed by atoms with van der Waals surface area (Å²) in [6.07, 6.45) is 0. The highest BCUT2D eigenvalue weighted by molar-refractivity contribution is 5.98. The van der Waals surface area contributed by atoms with Gasteiger partial charge in [0.2, 0.25) is 0 Å². The van der Waals surface area contributed by atoms with Crippen LogP contribution in [0.4, 0.5) is 10.1 Å². The average molecular weight is 169 g/mol. The van der Waals surface area contributed by atoms with Gasteiger partial charge < -0.3 is 10.8 Å². The molecule has 0 radical (unpaired) electrons. The van der Waals surface area contributed by atoms with Crippen LogP contribution in [0.2, 0.25) is 0 Å². The lowest BCUT2D eigenvalue weighted by Crippen LogP contribution is -1.97. The molecule has 0 heterocycles. The lowest BCUT2D eigenvalue weighted by atomic mass is 10.1. The zero-order valence-electron chi connectivity index (χ0n) is 6.47. The Balaban J connectivity index is 3.37. The molecule has 1 aromatic rings. The van der Waals surface area contributed by atoms with Crippen molar-refractivity contribution in [1.82, 2.24) is 0 Å². The summed E-state index contributed by atoms with van der Waals surface area (Å²) in [5.74, 6) is -1.40. The van der Waals surface area contributed by atoms with Gasteiger partial charge in [-0.25, -0.2) is 4.39 Å².